The molecule has 0 spiro atoms. The lowest BCUT2D eigenvalue weighted by molar-refractivity contribution is 0.246. The molecular weight excluding hydrogens is 488 g/mol. The van der Waals surface area contributed by atoms with E-state index in [-0.39, 0.29) is 10.8 Å². The van der Waals surface area contributed by atoms with E-state index in [0.29, 0.717) is 18.1 Å². The largest absolute Gasteiger partial charge is 0.493 e. The molecule has 7 nitrogen and oxygen atoms in total. The molecular formula is C29H34N2O5S. The number of hydrogen-bond acceptors (Lipinski definition) is 7. The zero-order chi connectivity index (χ0) is 25.6. The Labute approximate surface area is 220 Å². The van der Waals surface area contributed by atoms with Crippen LogP contribution in [0, 0.1) is 5.92 Å². The Morgan fingerprint density at radius 1 is 1.08 bits per heavy atom. The van der Waals surface area contributed by atoms with Gasteiger partial charge in [-0.15, -0.1) is 0 Å². The molecule has 8 heteroatoms. The Kier molecular flexibility index (Phi) is 8.14. The molecule has 4 aromatic rings. The number of nitrogens with zero attached hydrogens (tertiary/aromatic N) is 1. The lowest BCUT2D eigenvalue weighted by Gasteiger charge is -2.20. The molecule has 0 radical (unpaired) electrons. The van der Waals surface area contributed by atoms with Crippen LogP contribution in [0.1, 0.15) is 63.1 Å². The minimum Gasteiger partial charge on any atom is -0.493 e. The smallest absolute Gasteiger partial charge is 0.307 e. The number of aryl methyl sites for hydroxylation is 1. The monoisotopic (exact) mass is 522 g/mol. The average molecular weight is 523 g/mol. The Morgan fingerprint density at radius 3 is 2.59 bits per heavy atom. The van der Waals surface area contributed by atoms with Crippen LogP contribution < -0.4 is 14.3 Å². The highest BCUT2D eigenvalue weighted by Crippen LogP contribution is 2.34. The van der Waals surface area contributed by atoms with Gasteiger partial charge in [-0.05, 0) is 60.7 Å². The van der Waals surface area contributed by atoms with Gasteiger partial charge < -0.3 is 19.1 Å². The van der Waals surface area contributed by atoms with Gasteiger partial charge in [0.2, 0.25) is 5.88 Å². The van der Waals surface area contributed by atoms with Crippen LogP contribution in [0.3, 0.4) is 0 Å². The first kappa shape index (κ1) is 25.4. The molecule has 196 valence electrons. The van der Waals surface area contributed by atoms with Gasteiger partial charge in [0.1, 0.15) is 11.5 Å². The van der Waals surface area contributed by atoms with E-state index in [2.05, 4.69) is 29.2 Å². The van der Waals surface area contributed by atoms with E-state index < -0.39 is 0 Å². The fourth-order valence-corrected chi connectivity index (χ4v) is 5.91. The van der Waals surface area contributed by atoms with Crippen molar-refractivity contribution in [1.82, 2.24) is 10.1 Å². The van der Waals surface area contributed by atoms with Gasteiger partial charge in [-0.2, -0.15) is 0 Å². The number of ether oxygens (including phenoxy) is 2. The number of hydrogen-bond donors (Lipinski definition) is 2. The maximum Gasteiger partial charge on any atom is 0.307 e. The maximum absolute atomic E-state index is 11.4. The maximum atomic E-state index is 11.4. The van der Waals surface area contributed by atoms with Crippen LogP contribution in [0.2, 0.25) is 0 Å². The van der Waals surface area contributed by atoms with Crippen LogP contribution in [0.5, 0.6) is 17.4 Å². The number of thiazole rings is 1. The molecule has 1 aliphatic carbocycles. The molecule has 2 aromatic heterocycles. The minimum absolute atomic E-state index is 0.104. The fraction of sp³-hybridized carbons (Fsp3) is 0.448. The van der Waals surface area contributed by atoms with Crippen molar-refractivity contribution in [1.29, 1.82) is 0 Å². The van der Waals surface area contributed by atoms with Crippen molar-refractivity contribution in [2.75, 3.05) is 13.2 Å². The third kappa shape index (κ3) is 6.01. The highest BCUT2D eigenvalue weighted by Gasteiger charge is 2.20. The summed E-state index contributed by atoms with van der Waals surface area (Å²) in [4.78, 5) is 14.0. The van der Waals surface area contributed by atoms with Crippen LogP contribution in [-0.4, -0.2) is 28.5 Å². The van der Waals surface area contributed by atoms with Gasteiger partial charge in [0.15, 0.2) is 5.58 Å². The van der Waals surface area contributed by atoms with Crippen LogP contribution in [-0.2, 0) is 12.8 Å². The Hall–Kier alpha value is -3.26. The number of rotatable bonds is 11. The zero-order valence-electron chi connectivity index (χ0n) is 21.3. The molecule has 2 heterocycles. The first-order valence-corrected chi connectivity index (χ1v) is 14.1. The molecule has 1 fully saturated rings. The van der Waals surface area contributed by atoms with E-state index in [1.165, 1.54) is 32.1 Å². The zero-order valence-corrected chi connectivity index (χ0v) is 22.1. The second kappa shape index (κ2) is 11.9. The lowest BCUT2D eigenvalue weighted by Crippen LogP contribution is -2.09. The molecule has 2 aromatic carbocycles. The van der Waals surface area contributed by atoms with E-state index in [1.54, 1.807) is 0 Å². The topological polar surface area (TPSA) is 97.6 Å². The number of aromatic amines is 1. The van der Waals surface area contributed by atoms with Crippen molar-refractivity contribution < 1.29 is 19.1 Å². The SMILES string of the molecule is CCCc1c(OCCCOc2ccc(-c3sc(=O)[nH]c3O)cc2)ccc2c(CC3CCCCC3)noc12. The average Bonchev–Trinajstić information content (AvgIpc) is 3.48. The van der Waals surface area contributed by atoms with Gasteiger partial charge in [-0.3, -0.25) is 9.78 Å². The molecule has 0 amide bonds. The molecule has 0 saturated heterocycles. The van der Waals surface area contributed by atoms with Crippen LogP contribution in [0.25, 0.3) is 21.4 Å². The van der Waals surface area contributed by atoms with Gasteiger partial charge in [0.25, 0.3) is 0 Å². The number of benzene rings is 2. The number of nitrogens with one attached hydrogen (secondary N) is 1. The predicted molar refractivity (Wildman–Crippen MR) is 146 cm³/mol. The van der Waals surface area contributed by atoms with Gasteiger partial charge in [0.05, 0.1) is 23.8 Å². The van der Waals surface area contributed by atoms with Crippen LogP contribution in [0.15, 0.2) is 45.7 Å². The molecule has 1 aliphatic rings. The number of H-pyrrole nitrogens is 1. The molecule has 37 heavy (non-hydrogen) atoms. The Morgan fingerprint density at radius 2 is 1.86 bits per heavy atom. The van der Waals surface area contributed by atoms with E-state index in [1.807, 2.05) is 24.3 Å². The van der Waals surface area contributed by atoms with Gasteiger partial charge >= 0.3 is 4.87 Å². The Bertz CT molecular complexity index is 1370. The summed E-state index contributed by atoms with van der Waals surface area (Å²) < 4.78 is 17.9. The first-order valence-electron chi connectivity index (χ1n) is 13.3. The van der Waals surface area contributed by atoms with Crippen LogP contribution >= 0.6 is 11.3 Å². The summed E-state index contributed by atoms with van der Waals surface area (Å²) in [5, 5.41) is 15.4. The normalized spacial score (nSPS) is 14.3. The minimum atomic E-state index is -0.280. The second-order valence-corrected chi connectivity index (χ2v) is 10.8. The predicted octanol–water partition coefficient (Wildman–Crippen LogP) is 6.87. The Balaban J connectivity index is 1.16. The summed E-state index contributed by atoms with van der Waals surface area (Å²) in [7, 11) is 0. The molecule has 0 unspecified atom stereocenters. The first-order chi connectivity index (χ1) is 18.1. The molecule has 1 saturated carbocycles. The van der Waals surface area contributed by atoms with Crippen molar-refractivity contribution in [2.45, 2.75) is 64.7 Å². The molecule has 0 bridgehead atoms. The van der Waals surface area contributed by atoms with Crippen molar-refractivity contribution in [3.8, 4) is 27.8 Å². The summed E-state index contributed by atoms with van der Waals surface area (Å²) in [6, 6.07) is 11.5. The lowest BCUT2D eigenvalue weighted by atomic mass is 9.85. The van der Waals surface area contributed by atoms with E-state index in [0.717, 1.165) is 82.2 Å². The molecule has 0 atom stereocenters. The van der Waals surface area contributed by atoms with Gasteiger partial charge in [-0.1, -0.05) is 61.9 Å². The molecule has 5 rings (SSSR count). The summed E-state index contributed by atoms with van der Waals surface area (Å²) in [5.74, 6) is 2.21. The number of fused-ring (bicyclic) bond motifs is 1. The summed E-state index contributed by atoms with van der Waals surface area (Å²) >= 11 is 0.981. The third-order valence-electron chi connectivity index (χ3n) is 7.04. The van der Waals surface area contributed by atoms with Gasteiger partial charge in [-0.25, -0.2) is 0 Å². The van der Waals surface area contributed by atoms with Crippen molar-refractivity contribution >= 4 is 22.3 Å². The summed E-state index contributed by atoms with van der Waals surface area (Å²) in [6.45, 7) is 3.22. The van der Waals surface area contributed by atoms with E-state index in [4.69, 9.17) is 14.0 Å². The van der Waals surface area contributed by atoms with E-state index in [9.17, 15) is 9.90 Å². The third-order valence-corrected chi connectivity index (χ3v) is 7.96. The fourth-order valence-electron chi connectivity index (χ4n) is 5.17. The summed E-state index contributed by atoms with van der Waals surface area (Å²) in [5.41, 5.74) is 3.84. The molecule has 0 aliphatic heterocycles. The second-order valence-electron chi connectivity index (χ2n) is 9.77. The van der Waals surface area contributed by atoms with Crippen LogP contribution in [0.4, 0.5) is 0 Å². The number of aromatic nitrogens is 2. The molecule has 2 N–H and O–H groups in total. The van der Waals surface area contributed by atoms with Crippen molar-refractivity contribution in [3.63, 3.8) is 0 Å². The summed E-state index contributed by atoms with van der Waals surface area (Å²) in [6.07, 6.45) is 10.2. The van der Waals surface area contributed by atoms with Crippen molar-refractivity contribution in [2.24, 2.45) is 5.92 Å². The highest BCUT2D eigenvalue weighted by atomic mass is 32.1. The van der Waals surface area contributed by atoms with Crippen molar-refractivity contribution in [3.05, 3.63) is 57.3 Å². The van der Waals surface area contributed by atoms with E-state index >= 15 is 0 Å². The van der Waals surface area contributed by atoms with Gasteiger partial charge in [0, 0.05) is 17.4 Å². The quantitative estimate of drug-likeness (QED) is 0.209. The number of aromatic hydroxyl groups is 1. The highest BCUT2D eigenvalue weighted by molar-refractivity contribution is 7.13. The standard InChI is InChI=1S/C29H34N2O5S/c1-2-7-23-25(15-14-22-24(31-36-26(22)23)18-19-8-4-3-5-9-19)35-17-6-16-34-21-12-10-20(11-13-21)27-28(32)30-29(33)37-27/h10-15,19,32H,2-9,16-18H2,1H3,(H,30,33).